The minimum Gasteiger partial charge on any atom is -0.493 e. The van der Waals surface area contributed by atoms with Crippen LogP contribution in [0, 0.1) is 0 Å². The molecule has 7 nitrogen and oxygen atoms in total. The Hall–Kier alpha value is -3.06. The molecule has 0 spiro atoms. The summed E-state index contributed by atoms with van der Waals surface area (Å²) >= 11 is 6.31. The molecule has 1 aliphatic rings. The van der Waals surface area contributed by atoms with Gasteiger partial charge < -0.3 is 14.6 Å². The van der Waals surface area contributed by atoms with Gasteiger partial charge in [-0.25, -0.2) is 0 Å². The molecule has 1 N–H and O–H groups in total. The van der Waals surface area contributed by atoms with E-state index in [1.807, 2.05) is 30.3 Å². The van der Waals surface area contributed by atoms with Crippen molar-refractivity contribution in [2.24, 2.45) is 0 Å². The summed E-state index contributed by atoms with van der Waals surface area (Å²) in [7, 11) is 0. The van der Waals surface area contributed by atoms with Crippen LogP contribution < -0.4 is 9.47 Å². The van der Waals surface area contributed by atoms with Crippen LogP contribution in [-0.2, 0) is 11.2 Å². The Bertz CT molecular complexity index is 1020. The molecule has 0 aliphatic heterocycles. The van der Waals surface area contributed by atoms with Crippen LogP contribution in [0.3, 0.4) is 0 Å². The molecule has 0 bridgehead atoms. The summed E-state index contributed by atoms with van der Waals surface area (Å²) in [6.45, 7) is 1.01. The minimum absolute atomic E-state index is 0.112. The lowest BCUT2D eigenvalue weighted by Crippen LogP contribution is -2.06. The van der Waals surface area contributed by atoms with Crippen LogP contribution in [0.4, 0.5) is 0 Å². The van der Waals surface area contributed by atoms with E-state index in [2.05, 4.69) is 10.2 Å². The number of benzene rings is 2. The van der Waals surface area contributed by atoms with Gasteiger partial charge in [-0.15, -0.1) is 10.2 Å². The third kappa shape index (κ3) is 4.74. The minimum atomic E-state index is -0.748. The Labute approximate surface area is 179 Å². The Morgan fingerprint density at radius 2 is 1.93 bits per heavy atom. The normalized spacial score (nSPS) is 15.0. The lowest BCUT2D eigenvalue weighted by molar-refractivity contribution is -0.137. The average Bonchev–Trinajstić information content (AvgIpc) is 3.39. The average molecular weight is 428 g/mol. The molecule has 0 amide bonds. The number of hydrogen-bond acceptors (Lipinski definition) is 5. The predicted molar refractivity (Wildman–Crippen MR) is 112 cm³/mol. The molecule has 3 aromatic rings. The molecule has 0 fully saturated rings. The smallest absolute Gasteiger partial charge is 0.303 e. The molecule has 1 heterocycles. The van der Waals surface area contributed by atoms with E-state index in [0.717, 1.165) is 29.8 Å². The molecular weight excluding hydrogens is 406 g/mol. The molecule has 1 aliphatic carbocycles. The van der Waals surface area contributed by atoms with Crippen LogP contribution in [0.5, 0.6) is 11.5 Å². The zero-order chi connectivity index (χ0) is 20.9. The molecule has 0 unspecified atom stereocenters. The van der Waals surface area contributed by atoms with Gasteiger partial charge in [0.2, 0.25) is 0 Å². The number of aliphatic carboxylic acids is 1. The summed E-state index contributed by atoms with van der Waals surface area (Å²) in [4.78, 5) is 11.0. The van der Waals surface area contributed by atoms with Crippen molar-refractivity contribution in [1.29, 1.82) is 0 Å². The van der Waals surface area contributed by atoms with Gasteiger partial charge in [-0.2, -0.15) is 0 Å². The van der Waals surface area contributed by atoms with Gasteiger partial charge in [0.15, 0.2) is 0 Å². The molecule has 0 saturated carbocycles. The van der Waals surface area contributed by atoms with E-state index in [1.54, 1.807) is 23.3 Å². The number of carboxylic acids is 1. The lowest BCUT2D eigenvalue weighted by Gasteiger charge is -2.12. The van der Waals surface area contributed by atoms with Gasteiger partial charge in [0, 0.05) is 12.1 Å². The molecule has 30 heavy (non-hydrogen) atoms. The summed E-state index contributed by atoms with van der Waals surface area (Å²) in [6.07, 6.45) is 5.90. The van der Waals surface area contributed by atoms with Crippen molar-refractivity contribution in [2.45, 2.75) is 31.6 Å². The van der Waals surface area contributed by atoms with E-state index in [1.165, 1.54) is 5.56 Å². The number of aryl methyl sites for hydroxylation is 1. The van der Waals surface area contributed by atoms with E-state index >= 15 is 0 Å². The molecule has 0 radical (unpaired) electrons. The van der Waals surface area contributed by atoms with E-state index in [-0.39, 0.29) is 12.3 Å². The van der Waals surface area contributed by atoms with Crippen LogP contribution in [0.2, 0.25) is 5.02 Å². The quantitative estimate of drug-likeness (QED) is 0.513. The third-order valence-electron chi connectivity index (χ3n) is 5.18. The van der Waals surface area contributed by atoms with Crippen molar-refractivity contribution in [3.63, 3.8) is 0 Å². The zero-order valence-electron chi connectivity index (χ0n) is 16.3. The summed E-state index contributed by atoms with van der Waals surface area (Å²) in [5.74, 6) is 0.791. The highest BCUT2D eigenvalue weighted by atomic mass is 35.5. The zero-order valence-corrected chi connectivity index (χ0v) is 17.1. The van der Waals surface area contributed by atoms with Gasteiger partial charge >= 0.3 is 5.97 Å². The molecule has 1 aromatic heterocycles. The summed E-state index contributed by atoms with van der Waals surface area (Å²) in [5, 5.41) is 17.1. The van der Waals surface area contributed by atoms with Gasteiger partial charge in [0.25, 0.3) is 0 Å². The first kappa shape index (κ1) is 20.2. The van der Waals surface area contributed by atoms with Crippen molar-refractivity contribution in [2.75, 3.05) is 13.2 Å². The highest BCUT2D eigenvalue weighted by Crippen LogP contribution is 2.37. The maximum atomic E-state index is 11.0. The van der Waals surface area contributed by atoms with Crippen LogP contribution >= 0.6 is 11.6 Å². The number of halogens is 1. The highest BCUT2D eigenvalue weighted by Gasteiger charge is 2.24. The number of carbonyl (C=O) groups is 1. The molecule has 156 valence electrons. The van der Waals surface area contributed by atoms with Crippen LogP contribution in [0.15, 0.2) is 49.1 Å². The van der Waals surface area contributed by atoms with E-state index in [4.69, 9.17) is 26.2 Å². The Morgan fingerprint density at radius 1 is 1.13 bits per heavy atom. The number of ether oxygens (including phenoxy) is 2. The van der Waals surface area contributed by atoms with Gasteiger partial charge in [0.1, 0.15) is 24.2 Å². The van der Waals surface area contributed by atoms with Gasteiger partial charge in [-0.3, -0.25) is 9.36 Å². The van der Waals surface area contributed by atoms with E-state index < -0.39 is 5.97 Å². The maximum Gasteiger partial charge on any atom is 0.303 e. The van der Waals surface area contributed by atoms with Crippen molar-refractivity contribution < 1.29 is 19.4 Å². The van der Waals surface area contributed by atoms with Gasteiger partial charge in [-0.05, 0) is 60.2 Å². The van der Waals surface area contributed by atoms with Gasteiger partial charge in [0.05, 0.1) is 24.7 Å². The number of aromatic nitrogens is 3. The lowest BCUT2D eigenvalue weighted by atomic mass is 9.98. The number of fused-ring (bicyclic) bond motifs is 1. The van der Waals surface area contributed by atoms with E-state index in [9.17, 15) is 4.79 Å². The fourth-order valence-corrected chi connectivity index (χ4v) is 3.96. The monoisotopic (exact) mass is 427 g/mol. The summed E-state index contributed by atoms with van der Waals surface area (Å²) < 4.78 is 13.4. The topological polar surface area (TPSA) is 86.5 Å². The van der Waals surface area contributed by atoms with Crippen LogP contribution in [-0.4, -0.2) is 39.1 Å². The Kier molecular flexibility index (Phi) is 6.18. The van der Waals surface area contributed by atoms with Crippen LogP contribution in [0.1, 0.15) is 36.3 Å². The highest BCUT2D eigenvalue weighted by molar-refractivity contribution is 6.32. The second-order valence-electron chi connectivity index (χ2n) is 7.23. The number of carboxylic acid groups (broad SMARTS) is 1. The fraction of sp³-hybridized carbons (Fsp3) is 0.318. The first-order chi connectivity index (χ1) is 14.6. The first-order valence-corrected chi connectivity index (χ1v) is 10.2. The fourth-order valence-electron chi connectivity index (χ4n) is 3.73. The number of nitrogens with zero attached hydrogens (tertiary/aromatic N) is 3. The summed E-state index contributed by atoms with van der Waals surface area (Å²) in [5.41, 5.74) is 3.19. The second kappa shape index (κ2) is 9.17. The summed E-state index contributed by atoms with van der Waals surface area (Å²) in [6, 6.07) is 11.5. The largest absolute Gasteiger partial charge is 0.493 e. The van der Waals surface area contributed by atoms with Crippen molar-refractivity contribution in [3.8, 4) is 17.2 Å². The molecule has 4 rings (SSSR count). The molecule has 2 aromatic carbocycles. The molecular formula is C22H22ClN3O4. The molecule has 8 heteroatoms. The molecule has 0 saturated heterocycles. The number of rotatable bonds is 9. The van der Waals surface area contributed by atoms with Crippen LogP contribution in [0.25, 0.3) is 5.69 Å². The Balaban J connectivity index is 1.24. The maximum absolute atomic E-state index is 11.0. The predicted octanol–water partition coefficient (Wildman–Crippen LogP) is 4.27. The van der Waals surface area contributed by atoms with Crippen molar-refractivity contribution in [3.05, 3.63) is 65.2 Å². The van der Waals surface area contributed by atoms with E-state index in [0.29, 0.717) is 30.4 Å². The standard InChI is InChI=1S/C22H22ClN3O4/c23-20-12-17(26-13-24-25-14-26)4-7-21(20)30-9-1-8-29-18-5-6-19-15(10-18)2-3-16(19)11-22(27)28/h4-7,10,12-14,16H,1-3,8-9,11H2,(H,27,28)/t16-/m0/s1. The SMILES string of the molecule is O=C(O)C[C@@H]1CCc2cc(OCCCOc3ccc(-n4cnnc4)cc3Cl)ccc21. The Morgan fingerprint density at radius 3 is 2.70 bits per heavy atom. The van der Waals surface area contributed by atoms with Crippen molar-refractivity contribution >= 4 is 17.6 Å². The third-order valence-corrected chi connectivity index (χ3v) is 5.48. The first-order valence-electron chi connectivity index (χ1n) is 9.85. The molecule has 1 atom stereocenters. The number of hydrogen-bond donors (Lipinski definition) is 1. The van der Waals surface area contributed by atoms with Crippen molar-refractivity contribution in [1.82, 2.24) is 14.8 Å². The second-order valence-corrected chi connectivity index (χ2v) is 7.64. The van der Waals surface area contributed by atoms with Gasteiger partial charge in [-0.1, -0.05) is 17.7 Å².